The highest BCUT2D eigenvalue weighted by atomic mass is 19.3. The van der Waals surface area contributed by atoms with Crippen molar-refractivity contribution < 1.29 is 8.78 Å². The van der Waals surface area contributed by atoms with Crippen LogP contribution in [0.2, 0.25) is 0 Å². The van der Waals surface area contributed by atoms with Crippen molar-refractivity contribution in [3.63, 3.8) is 0 Å². The van der Waals surface area contributed by atoms with Crippen LogP contribution in [0.5, 0.6) is 0 Å². The van der Waals surface area contributed by atoms with Crippen LogP contribution in [0.4, 0.5) is 8.78 Å². The molecule has 13 heavy (non-hydrogen) atoms. The highest BCUT2D eigenvalue weighted by Gasteiger charge is 2.37. The first-order valence-corrected chi connectivity index (χ1v) is 4.61. The highest BCUT2D eigenvalue weighted by molar-refractivity contribution is 4.81. The Morgan fingerprint density at radius 2 is 2.15 bits per heavy atom. The summed E-state index contributed by atoms with van der Waals surface area (Å²) in [5.41, 5.74) is 0. The van der Waals surface area contributed by atoms with Gasteiger partial charge in [-0.1, -0.05) is 0 Å². The van der Waals surface area contributed by atoms with Crippen molar-refractivity contribution in [2.24, 2.45) is 0 Å². The standard InChI is InChI=1S/C9H14F2N2/c10-9(11)4-7-13(8-9)6-3-1-2-5-12/h1-4,6-8H2. The van der Waals surface area contributed by atoms with Crippen LogP contribution in [0.25, 0.3) is 0 Å². The van der Waals surface area contributed by atoms with E-state index in [0.717, 1.165) is 12.8 Å². The number of nitrogens with zero attached hydrogens (tertiary/aromatic N) is 2. The number of halogens is 2. The van der Waals surface area contributed by atoms with E-state index in [1.165, 1.54) is 0 Å². The molecule has 1 rings (SSSR count). The van der Waals surface area contributed by atoms with E-state index in [9.17, 15) is 8.78 Å². The van der Waals surface area contributed by atoms with Crippen molar-refractivity contribution >= 4 is 0 Å². The summed E-state index contributed by atoms with van der Waals surface area (Å²) in [4.78, 5) is 1.78. The van der Waals surface area contributed by atoms with Gasteiger partial charge in [0.2, 0.25) is 0 Å². The van der Waals surface area contributed by atoms with E-state index in [0.29, 0.717) is 19.5 Å². The number of alkyl halides is 2. The zero-order valence-corrected chi connectivity index (χ0v) is 7.60. The number of hydrogen-bond acceptors (Lipinski definition) is 2. The minimum atomic E-state index is -2.48. The fourth-order valence-corrected chi connectivity index (χ4v) is 1.54. The maximum Gasteiger partial charge on any atom is 0.261 e. The molecule has 0 saturated carbocycles. The van der Waals surface area contributed by atoms with Crippen molar-refractivity contribution in [1.82, 2.24) is 4.90 Å². The summed E-state index contributed by atoms with van der Waals surface area (Å²) in [5, 5.41) is 8.26. The SMILES string of the molecule is N#CCCCCN1CCC(F)(F)C1. The van der Waals surface area contributed by atoms with Crippen LogP contribution in [-0.2, 0) is 0 Å². The van der Waals surface area contributed by atoms with Gasteiger partial charge in [0.25, 0.3) is 5.92 Å². The van der Waals surface area contributed by atoms with Gasteiger partial charge in [-0.25, -0.2) is 8.78 Å². The van der Waals surface area contributed by atoms with Gasteiger partial charge in [-0.15, -0.1) is 0 Å². The van der Waals surface area contributed by atoms with E-state index in [-0.39, 0.29) is 13.0 Å². The van der Waals surface area contributed by atoms with Gasteiger partial charge in [0.15, 0.2) is 0 Å². The van der Waals surface area contributed by atoms with Crippen LogP contribution in [0, 0.1) is 11.3 Å². The summed E-state index contributed by atoms with van der Waals surface area (Å²) in [6.07, 6.45) is 2.19. The van der Waals surface area contributed by atoms with E-state index in [2.05, 4.69) is 0 Å². The Balaban J connectivity index is 2.08. The van der Waals surface area contributed by atoms with E-state index in [4.69, 9.17) is 5.26 Å². The van der Waals surface area contributed by atoms with Crippen LogP contribution < -0.4 is 0 Å². The van der Waals surface area contributed by atoms with E-state index < -0.39 is 5.92 Å². The maximum atomic E-state index is 12.7. The molecule has 0 aromatic heterocycles. The average molecular weight is 188 g/mol. The molecule has 0 unspecified atom stereocenters. The Morgan fingerprint density at radius 1 is 1.38 bits per heavy atom. The lowest BCUT2D eigenvalue weighted by Crippen LogP contribution is -2.26. The molecular weight excluding hydrogens is 174 g/mol. The summed E-state index contributed by atoms with van der Waals surface area (Å²) in [6, 6.07) is 2.04. The lowest BCUT2D eigenvalue weighted by atomic mass is 10.2. The molecule has 0 aliphatic carbocycles. The Morgan fingerprint density at radius 3 is 2.69 bits per heavy atom. The van der Waals surface area contributed by atoms with Crippen molar-refractivity contribution in [3.05, 3.63) is 0 Å². The first-order valence-electron chi connectivity index (χ1n) is 4.61. The predicted octanol–water partition coefficient (Wildman–Crippen LogP) is 2.02. The Labute approximate surface area is 77.1 Å². The molecule has 0 bridgehead atoms. The van der Waals surface area contributed by atoms with Crippen LogP contribution in [0.1, 0.15) is 25.7 Å². The fraction of sp³-hybridized carbons (Fsp3) is 0.889. The van der Waals surface area contributed by atoms with Gasteiger partial charge in [0, 0.05) is 19.4 Å². The molecule has 1 heterocycles. The minimum absolute atomic E-state index is 0.00868. The highest BCUT2D eigenvalue weighted by Crippen LogP contribution is 2.26. The van der Waals surface area contributed by atoms with Crippen LogP contribution in [0.3, 0.4) is 0 Å². The lowest BCUT2D eigenvalue weighted by Gasteiger charge is -2.14. The normalized spacial score (nSPS) is 21.6. The summed E-state index contributed by atoms with van der Waals surface area (Å²) in [6.45, 7) is 1.11. The van der Waals surface area contributed by atoms with Crippen molar-refractivity contribution in [3.8, 4) is 6.07 Å². The molecule has 1 aliphatic heterocycles. The molecule has 1 saturated heterocycles. The molecule has 0 N–H and O–H groups in total. The molecule has 0 radical (unpaired) electrons. The second kappa shape index (κ2) is 4.52. The zero-order chi connectivity index (χ0) is 9.73. The molecule has 0 amide bonds. The number of unbranched alkanes of at least 4 members (excludes halogenated alkanes) is 2. The van der Waals surface area contributed by atoms with Gasteiger partial charge in [0.1, 0.15) is 0 Å². The third kappa shape index (κ3) is 3.69. The van der Waals surface area contributed by atoms with Crippen molar-refractivity contribution in [2.75, 3.05) is 19.6 Å². The predicted molar refractivity (Wildman–Crippen MR) is 45.5 cm³/mol. The Hall–Kier alpha value is -0.690. The van der Waals surface area contributed by atoms with Crippen molar-refractivity contribution in [2.45, 2.75) is 31.6 Å². The molecule has 0 aromatic rings. The first kappa shape index (κ1) is 10.4. The van der Waals surface area contributed by atoms with Gasteiger partial charge in [-0.3, -0.25) is 4.90 Å². The second-order valence-corrected chi connectivity index (χ2v) is 3.50. The van der Waals surface area contributed by atoms with Gasteiger partial charge in [0.05, 0.1) is 12.6 Å². The quantitative estimate of drug-likeness (QED) is 0.631. The third-order valence-corrected chi connectivity index (χ3v) is 2.26. The van der Waals surface area contributed by atoms with E-state index in [1.54, 1.807) is 4.90 Å². The number of hydrogen-bond donors (Lipinski definition) is 0. The molecule has 1 aliphatic rings. The van der Waals surface area contributed by atoms with E-state index in [1.807, 2.05) is 6.07 Å². The Bertz CT molecular complexity index is 198. The minimum Gasteiger partial charge on any atom is -0.297 e. The summed E-state index contributed by atoms with van der Waals surface area (Å²) < 4.78 is 25.4. The third-order valence-electron chi connectivity index (χ3n) is 2.26. The van der Waals surface area contributed by atoms with Crippen LogP contribution in [-0.4, -0.2) is 30.5 Å². The summed E-state index contributed by atoms with van der Waals surface area (Å²) in [5.74, 6) is -2.48. The molecular formula is C9H14F2N2. The lowest BCUT2D eigenvalue weighted by molar-refractivity contribution is 0.0121. The van der Waals surface area contributed by atoms with Gasteiger partial charge in [-0.05, 0) is 19.4 Å². The topological polar surface area (TPSA) is 27.0 Å². The largest absolute Gasteiger partial charge is 0.297 e. The molecule has 2 nitrogen and oxygen atoms in total. The van der Waals surface area contributed by atoms with Crippen LogP contribution in [0.15, 0.2) is 0 Å². The maximum absolute atomic E-state index is 12.7. The first-order chi connectivity index (χ1) is 6.14. The monoisotopic (exact) mass is 188 g/mol. The number of likely N-dealkylation sites (tertiary alicyclic amines) is 1. The molecule has 0 atom stereocenters. The zero-order valence-electron chi connectivity index (χ0n) is 7.60. The molecule has 0 spiro atoms. The Kier molecular flexibility index (Phi) is 3.61. The summed E-state index contributed by atoms with van der Waals surface area (Å²) >= 11 is 0. The summed E-state index contributed by atoms with van der Waals surface area (Å²) in [7, 11) is 0. The second-order valence-electron chi connectivity index (χ2n) is 3.50. The van der Waals surface area contributed by atoms with E-state index >= 15 is 0 Å². The fourth-order valence-electron chi connectivity index (χ4n) is 1.54. The van der Waals surface area contributed by atoms with Gasteiger partial charge in [-0.2, -0.15) is 5.26 Å². The molecule has 74 valence electrons. The smallest absolute Gasteiger partial charge is 0.261 e. The van der Waals surface area contributed by atoms with Crippen molar-refractivity contribution in [1.29, 1.82) is 5.26 Å². The average Bonchev–Trinajstić information content (AvgIpc) is 2.40. The number of rotatable bonds is 4. The molecule has 1 fully saturated rings. The van der Waals surface area contributed by atoms with Gasteiger partial charge < -0.3 is 0 Å². The van der Waals surface area contributed by atoms with Gasteiger partial charge >= 0.3 is 0 Å². The number of nitriles is 1. The molecule has 0 aromatic carbocycles. The van der Waals surface area contributed by atoms with Crippen LogP contribution >= 0.6 is 0 Å². The molecule has 4 heteroatoms.